The first kappa shape index (κ1) is 12.2. The fraction of sp³-hybridized carbons (Fsp3) is 0.417. The molecule has 0 unspecified atom stereocenters. The van der Waals surface area contributed by atoms with Gasteiger partial charge in [0.1, 0.15) is 12.1 Å². The Balaban J connectivity index is 2.33. The molecule has 0 aliphatic heterocycles. The molecule has 1 aromatic rings. The maximum Gasteiger partial charge on any atom is 0.154 e. The Bertz CT molecular complexity index is 538. The first-order chi connectivity index (χ1) is 8.01. The molecule has 17 heavy (non-hydrogen) atoms. The molecule has 1 fully saturated rings. The van der Waals surface area contributed by atoms with Gasteiger partial charge in [0.25, 0.3) is 0 Å². The van der Waals surface area contributed by atoms with Crippen LogP contribution in [-0.4, -0.2) is 25.7 Å². The third kappa shape index (κ3) is 2.11. The molecule has 0 spiro atoms. The molecule has 0 aromatic heterocycles. The lowest BCUT2D eigenvalue weighted by Crippen LogP contribution is -2.12. The lowest BCUT2D eigenvalue weighted by Gasteiger charge is -2.00. The van der Waals surface area contributed by atoms with E-state index in [2.05, 4.69) is 0 Å². The van der Waals surface area contributed by atoms with Crippen LogP contribution >= 0.6 is 0 Å². The summed E-state index contributed by atoms with van der Waals surface area (Å²) in [4.78, 5) is 10.9. The van der Waals surface area contributed by atoms with Crippen LogP contribution in [-0.2, 0) is 14.6 Å². The van der Waals surface area contributed by atoms with Crippen molar-refractivity contribution in [2.24, 2.45) is 5.92 Å². The van der Waals surface area contributed by atoms with E-state index in [1.165, 1.54) is 18.2 Å². The summed E-state index contributed by atoms with van der Waals surface area (Å²) in [5, 5.41) is -0.674. The van der Waals surface area contributed by atoms with E-state index in [9.17, 15) is 17.6 Å². The standard InChI is InChI=1S/C12H13FO3S/c1-2-17(15,16)12-10(7-14)11(12)8-4-3-5-9(13)6-8/h3-7,10-12H,2H2,1H3/t10-,11+,12+/m0/s1. The second-order valence-corrected chi connectivity index (χ2v) is 6.66. The SMILES string of the molecule is CCS(=O)(=O)[C@@H]1[C@@H](C=O)[C@H]1c1cccc(F)c1. The van der Waals surface area contributed by atoms with Crippen molar-refractivity contribution in [2.45, 2.75) is 18.1 Å². The maximum absolute atomic E-state index is 13.1. The van der Waals surface area contributed by atoms with E-state index >= 15 is 0 Å². The Morgan fingerprint density at radius 3 is 2.65 bits per heavy atom. The van der Waals surface area contributed by atoms with Crippen LogP contribution in [0.15, 0.2) is 24.3 Å². The van der Waals surface area contributed by atoms with Crippen LogP contribution in [0.1, 0.15) is 18.4 Å². The Morgan fingerprint density at radius 1 is 1.41 bits per heavy atom. The molecule has 1 aromatic carbocycles. The highest BCUT2D eigenvalue weighted by Crippen LogP contribution is 2.51. The van der Waals surface area contributed by atoms with Crippen molar-refractivity contribution in [2.75, 3.05) is 5.75 Å². The molecule has 1 aliphatic rings. The number of carbonyl (C=O) groups excluding carboxylic acids is 1. The summed E-state index contributed by atoms with van der Waals surface area (Å²) >= 11 is 0. The summed E-state index contributed by atoms with van der Waals surface area (Å²) in [7, 11) is -3.25. The fourth-order valence-electron chi connectivity index (χ4n) is 2.25. The maximum atomic E-state index is 13.1. The quantitative estimate of drug-likeness (QED) is 0.768. The van der Waals surface area contributed by atoms with E-state index in [0.717, 1.165) is 0 Å². The largest absolute Gasteiger partial charge is 0.303 e. The predicted octanol–water partition coefficient (Wildman–Crippen LogP) is 1.54. The topological polar surface area (TPSA) is 51.2 Å². The van der Waals surface area contributed by atoms with Gasteiger partial charge in [-0.3, -0.25) is 0 Å². The van der Waals surface area contributed by atoms with Gasteiger partial charge < -0.3 is 4.79 Å². The molecular weight excluding hydrogens is 243 g/mol. The van der Waals surface area contributed by atoms with Crippen LogP contribution in [0.5, 0.6) is 0 Å². The lowest BCUT2D eigenvalue weighted by atomic mass is 10.1. The average Bonchev–Trinajstić information content (AvgIpc) is 3.04. The number of halogens is 1. The third-order valence-corrected chi connectivity index (χ3v) is 5.46. The minimum atomic E-state index is -3.25. The molecule has 0 heterocycles. The first-order valence-electron chi connectivity index (χ1n) is 5.43. The molecule has 5 heteroatoms. The number of hydrogen-bond acceptors (Lipinski definition) is 3. The van der Waals surface area contributed by atoms with E-state index in [4.69, 9.17) is 0 Å². The second kappa shape index (κ2) is 4.22. The predicted molar refractivity (Wildman–Crippen MR) is 61.9 cm³/mol. The number of sulfone groups is 1. The van der Waals surface area contributed by atoms with Crippen molar-refractivity contribution in [3.8, 4) is 0 Å². The van der Waals surface area contributed by atoms with Gasteiger partial charge in [-0.2, -0.15) is 0 Å². The molecule has 0 amide bonds. The first-order valence-corrected chi connectivity index (χ1v) is 7.15. The van der Waals surface area contributed by atoms with Crippen molar-refractivity contribution in [1.82, 2.24) is 0 Å². The Labute approximate surface area is 99.6 Å². The smallest absolute Gasteiger partial charge is 0.154 e. The second-order valence-electron chi connectivity index (χ2n) is 4.21. The van der Waals surface area contributed by atoms with E-state index in [1.807, 2.05) is 0 Å². The summed E-state index contributed by atoms with van der Waals surface area (Å²) in [6, 6.07) is 5.79. The van der Waals surface area contributed by atoms with Gasteiger partial charge >= 0.3 is 0 Å². The van der Waals surface area contributed by atoms with Crippen molar-refractivity contribution in [1.29, 1.82) is 0 Å². The summed E-state index contributed by atoms with van der Waals surface area (Å²) in [6.07, 6.45) is 0.660. The Morgan fingerprint density at radius 2 is 2.12 bits per heavy atom. The highest BCUT2D eigenvalue weighted by atomic mass is 32.2. The molecule has 2 rings (SSSR count). The zero-order valence-electron chi connectivity index (χ0n) is 9.34. The van der Waals surface area contributed by atoms with Gasteiger partial charge in [-0.1, -0.05) is 19.1 Å². The van der Waals surface area contributed by atoms with E-state index in [1.54, 1.807) is 13.0 Å². The zero-order valence-corrected chi connectivity index (χ0v) is 10.2. The van der Waals surface area contributed by atoms with Crippen LogP contribution in [0.4, 0.5) is 4.39 Å². The number of rotatable bonds is 4. The fourth-order valence-corrected chi connectivity index (χ4v) is 4.04. The summed E-state index contributed by atoms with van der Waals surface area (Å²) in [5.74, 6) is -1.31. The lowest BCUT2D eigenvalue weighted by molar-refractivity contribution is -0.108. The van der Waals surface area contributed by atoms with Crippen molar-refractivity contribution in [3.63, 3.8) is 0 Å². The van der Waals surface area contributed by atoms with Gasteiger partial charge in [0, 0.05) is 17.6 Å². The average molecular weight is 256 g/mol. The minimum absolute atomic E-state index is 0.00776. The van der Waals surface area contributed by atoms with Gasteiger partial charge in [0.05, 0.1) is 5.25 Å². The highest BCUT2D eigenvalue weighted by Gasteiger charge is 2.57. The molecule has 3 atom stereocenters. The molecular formula is C12H13FO3S. The zero-order chi connectivity index (χ0) is 12.6. The molecule has 0 N–H and O–H groups in total. The monoisotopic (exact) mass is 256 g/mol. The van der Waals surface area contributed by atoms with Crippen LogP contribution in [0.3, 0.4) is 0 Å². The van der Waals surface area contributed by atoms with Crippen LogP contribution in [0.25, 0.3) is 0 Å². The number of hydrogen-bond donors (Lipinski definition) is 0. The molecule has 0 bridgehead atoms. The Hall–Kier alpha value is -1.23. The Kier molecular flexibility index (Phi) is 3.03. The van der Waals surface area contributed by atoms with Crippen LogP contribution in [0.2, 0.25) is 0 Å². The van der Waals surface area contributed by atoms with E-state index in [0.29, 0.717) is 11.8 Å². The van der Waals surface area contributed by atoms with Crippen molar-refractivity contribution >= 4 is 16.1 Å². The van der Waals surface area contributed by atoms with Gasteiger partial charge in [0.15, 0.2) is 9.84 Å². The molecule has 0 saturated heterocycles. The highest BCUT2D eigenvalue weighted by molar-refractivity contribution is 7.92. The molecule has 1 saturated carbocycles. The van der Waals surface area contributed by atoms with Gasteiger partial charge in [-0.05, 0) is 17.7 Å². The summed E-state index contributed by atoms with van der Waals surface area (Å²) in [6.45, 7) is 1.55. The van der Waals surface area contributed by atoms with Crippen LogP contribution in [0, 0.1) is 11.7 Å². The number of benzene rings is 1. The van der Waals surface area contributed by atoms with E-state index < -0.39 is 26.8 Å². The molecule has 92 valence electrons. The van der Waals surface area contributed by atoms with Crippen molar-refractivity contribution in [3.05, 3.63) is 35.6 Å². The van der Waals surface area contributed by atoms with Gasteiger partial charge in [0.2, 0.25) is 0 Å². The van der Waals surface area contributed by atoms with E-state index in [-0.39, 0.29) is 11.7 Å². The minimum Gasteiger partial charge on any atom is -0.303 e. The number of aldehydes is 1. The summed E-state index contributed by atoms with van der Waals surface area (Å²) < 4.78 is 36.5. The van der Waals surface area contributed by atoms with Crippen LogP contribution < -0.4 is 0 Å². The van der Waals surface area contributed by atoms with Gasteiger partial charge in [-0.25, -0.2) is 12.8 Å². The number of carbonyl (C=O) groups is 1. The molecule has 1 aliphatic carbocycles. The van der Waals surface area contributed by atoms with Crippen molar-refractivity contribution < 1.29 is 17.6 Å². The normalized spacial score (nSPS) is 27.8. The summed E-state index contributed by atoms with van der Waals surface area (Å²) in [5.41, 5.74) is 0.587. The molecule has 3 nitrogen and oxygen atoms in total. The third-order valence-electron chi connectivity index (χ3n) is 3.21. The molecule has 0 radical (unpaired) electrons. The van der Waals surface area contributed by atoms with Gasteiger partial charge in [-0.15, -0.1) is 0 Å².